The Balaban J connectivity index is 2.15. The van der Waals surface area contributed by atoms with Gasteiger partial charge in [-0.1, -0.05) is 35.9 Å². The van der Waals surface area contributed by atoms with Crippen LogP contribution in [-0.4, -0.2) is 56.8 Å². The van der Waals surface area contributed by atoms with Crippen molar-refractivity contribution in [1.82, 2.24) is 4.98 Å². The molecule has 1 aliphatic heterocycles. The van der Waals surface area contributed by atoms with E-state index in [1.54, 1.807) is 25.1 Å². The molecule has 5 atom stereocenters. The van der Waals surface area contributed by atoms with Crippen molar-refractivity contribution in [2.45, 2.75) is 35.4 Å². The Kier molecular flexibility index (Phi) is 5.40. The van der Waals surface area contributed by atoms with Crippen molar-refractivity contribution in [3.05, 3.63) is 59.9 Å². The average Bonchev–Trinajstić information content (AvgIpc) is 2.63. The van der Waals surface area contributed by atoms with Gasteiger partial charge in [0.15, 0.2) is 0 Å². The van der Waals surface area contributed by atoms with Gasteiger partial charge in [-0.05, 0) is 25.1 Å². The third-order valence-corrected chi connectivity index (χ3v) is 6.14. The molecule has 2 heterocycles. The van der Waals surface area contributed by atoms with Crippen molar-refractivity contribution < 1.29 is 37.8 Å². The first kappa shape index (κ1) is 20.9. The predicted octanol–water partition coefficient (Wildman–Crippen LogP) is 0.515. The molecule has 0 saturated carbocycles. The van der Waals surface area contributed by atoms with Gasteiger partial charge in [0.2, 0.25) is 11.4 Å². The van der Waals surface area contributed by atoms with Crippen molar-refractivity contribution in [3.63, 3.8) is 0 Å². The summed E-state index contributed by atoms with van der Waals surface area (Å²) in [7, 11) is -5.23. The fourth-order valence-corrected chi connectivity index (χ4v) is 4.15. The minimum atomic E-state index is -5.23. The zero-order valence-corrected chi connectivity index (χ0v) is 16.1. The molecular weight excluding hydrogens is 414 g/mol. The summed E-state index contributed by atoms with van der Waals surface area (Å²) >= 11 is 5.93. The number of benzene rings is 1. The molecule has 11 heteroatoms. The molecule has 28 heavy (non-hydrogen) atoms. The second-order valence-corrected chi connectivity index (χ2v) is 8.49. The average molecular weight is 432 g/mol. The van der Waals surface area contributed by atoms with Gasteiger partial charge in [0, 0.05) is 17.5 Å². The highest BCUT2D eigenvalue weighted by Gasteiger charge is 2.68. The second-order valence-electron chi connectivity index (χ2n) is 6.33. The van der Waals surface area contributed by atoms with E-state index in [-0.39, 0.29) is 11.3 Å². The number of rotatable bonds is 4. The Labute approximate surface area is 165 Å². The molecule has 1 fully saturated rings. The van der Waals surface area contributed by atoms with E-state index in [0.29, 0.717) is 5.69 Å². The quantitative estimate of drug-likeness (QED) is 0.401. The molecule has 0 aliphatic carbocycles. The lowest BCUT2D eigenvalue weighted by Crippen LogP contribution is -2.70. The summed E-state index contributed by atoms with van der Waals surface area (Å²) in [4.78, 5) is 1.02. The van der Waals surface area contributed by atoms with Crippen LogP contribution in [0.5, 0.6) is 5.75 Å². The maximum absolute atomic E-state index is 12.3. The third kappa shape index (κ3) is 3.37. The van der Waals surface area contributed by atoms with Gasteiger partial charge in [-0.2, -0.15) is 8.42 Å². The maximum Gasteiger partial charge on any atom is 0.302 e. The molecule has 0 radical (unpaired) electrons. The molecule has 152 valence electrons. The van der Waals surface area contributed by atoms with Crippen LogP contribution in [0.4, 0.5) is 0 Å². The second kappa shape index (κ2) is 7.23. The fourth-order valence-electron chi connectivity index (χ4n) is 2.88. The first-order valence-corrected chi connectivity index (χ1v) is 9.89. The molecule has 2 aromatic rings. The normalized spacial score (nSPS) is 33.4. The number of hydrogen-bond acceptors (Lipinski definition) is 8. The van der Waals surface area contributed by atoms with Crippen LogP contribution in [0.2, 0.25) is 0 Å². The van der Waals surface area contributed by atoms with Crippen molar-refractivity contribution in [3.8, 4) is 5.75 Å². The Hall–Kier alpha value is -1.79. The van der Waals surface area contributed by atoms with E-state index in [1.807, 2.05) is 0 Å². The third-order valence-electron chi connectivity index (χ3n) is 4.40. The lowest BCUT2D eigenvalue weighted by Gasteiger charge is -2.49. The molecule has 1 aromatic carbocycles. The van der Waals surface area contributed by atoms with E-state index in [9.17, 15) is 28.3 Å². The number of aliphatic hydroxyl groups excluding tert-OH is 2. The molecule has 0 amide bonds. The minimum Gasteiger partial charge on any atom is -0.460 e. The van der Waals surface area contributed by atoms with E-state index in [2.05, 4.69) is 4.98 Å². The zero-order valence-electron chi connectivity index (χ0n) is 14.5. The molecule has 9 nitrogen and oxygen atoms in total. The van der Waals surface area contributed by atoms with Gasteiger partial charge in [-0.15, -0.1) is 0 Å². The smallest absolute Gasteiger partial charge is 0.302 e. The minimum absolute atomic E-state index is 0.126. The van der Waals surface area contributed by atoms with E-state index in [4.69, 9.17) is 21.1 Å². The van der Waals surface area contributed by atoms with E-state index in [0.717, 1.165) is 6.20 Å². The van der Waals surface area contributed by atoms with E-state index in [1.165, 1.54) is 24.3 Å². The van der Waals surface area contributed by atoms with Gasteiger partial charge < -0.3 is 24.8 Å². The van der Waals surface area contributed by atoms with Gasteiger partial charge in [0.05, 0.1) is 0 Å². The summed E-state index contributed by atoms with van der Waals surface area (Å²) in [5.41, 5.74) is 0.229. The standard InChI is InChI=1S/C17H18ClNO8S/c1-10-7-8-11(9-19-10)17(28(23,24)25)14(21)13(20)16(18,22)15(27-17)26-12-5-3-2-4-6-12/h2-9,13-15,20-22H,1H3,(H,23,24,25)/t13-,14-,15+,16+,17?/m0/s1. The molecule has 0 spiro atoms. The highest BCUT2D eigenvalue weighted by atomic mass is 35.5. The van der Waals surface area contributed by atoms with Crippen LogP contribution < -0.4 is 4.74 Å². The number of alkyl halides is 1. The highest BCUT2D eigenvalue weighted by molar-refractivity contribution is 7.86. The molecule has 1 unspecified atom stereocenters. The lowest BCUT2D eigenvalue weighted by atomic mass is 9.93. The van der Waals surface area contributed by atoms with Crippen molar-refractivity contribution >= 4 is 21.7 Å². The SMILES string of the molecule is Cc1ccc(C2(S(=O)(=O)O)O[C@@H](Oc3ccccc3)[C@@](O)(Cl)[C@@H](O)[C@@H]2O)cn1. The number of aromatic nitrogens is 1. The number of halogens is 1. The van der Waals surface area contributed by atoms with Gasteiger partial charge >= 0.3 is 10.1 Å². The van der Waals surface area contributed by atoms with Crippen LogP contribution >= 0.6 is 11.6 Å². The van der Waals surface area contributed by atoms with E-state index < -0.39 is 38.6 Å². The Bertz CT molecular complexity index is 937. The first-order chi connectivity index (χ1) is 13.0. The van der Waals surface area contributed by atoms with Crippen LogP contribution in [0.15, 0.2) is 48.7 Å². The van der Waals surface area contributed by atoms with Crippen molar-refractivity contribution in [2.24, 2.45) is 0 Å². The largest absolute Gasteiger partial charge is 0.460 e. The van der Waals surface area contributed by atoms with Crippen molar-refractivity contribution in [2.75, 3.05) is 0 Å². The van der Waals surface area contributed by atoms with Crippen LogP contribution in [0, 0.1) is 6.92 Å². The molecule has 4 N–H and O–H groups in total. The van der Waals surface area contributed by atoms with Crippen LogP contribution in [0.25, 0.3) is 0 Å². The van der Waals surface area contributed by atoms with Gasteiger partial charge in [0.25, 0.3) is 4.93 Å². The number of aliphatic hydroxyl groups is 3. The van der Waals surface area contributed by atoms with Gasteiger partial charge in [0.1, 0.15) is 18.0 Å². The van der Waals surface area contributed by atoms with Gasteiger partial charge in [-0.3, -0.25) is 9.54 Å². The Morgan fingerprint density at radius 3 is 2.32 bits per heavy atom. The van der Waals surface area contributed by atoms with Crippen molar-refractivity contribution in [1.29, 1.82) is 0 Å². The number of aryl methyl sites for hydroxylation is 1. The highest BCUT2D eigenvalue weighted by Crippen LogP contribution is 2.47. The summed E-state index contributed by atoms with van der Waals surface area (Å²) in [5.74, 6) is 0.126. The van der Waals surface area contributed by atoms with Gasteiger partial charge in [-0.25, -0.2) is 0 Å². The summed E-state index contributed by atoms with van der Waals surface area (Å²) in [5, 5.41) is 28.6. The zero-order chi connectivity index (χ0) is 20.7. The topological polar surface area (TPSA) is 146 Å². The van der Waals surface area contributed by atoms with Crippen LogP contribution in [-0.2, 0) is 19.8 Å². The van der Waals surface area contributed by atoms with Crippen LogP contribution in [0.1, 0.15) is 11.3 Å². The Morgan fingerprint density at radius 2 is 1.79 bits per heavy atom. The van der Waals surface area contributed by atoms with E-state index >= 15 is 0 Å². The predicted molar refractivity (Wildman–Crippen MR) is 97.0 cm³/mol. The number of ether oxygens (including phenoxy) is 2. The molecule has 1 saturated heterocycles. The first-order valence-electron chi connectivity index (χ1n) is 8.07. The summed E-state index contributed by atoms with van der Waals surface area (Å²) in [6, 6.07) is 10.5. The summed E-state index contributed by atoms with van der Waals surface area (Å²) < 4.78 is 45.3. The molecule has 3 rings (SSSR count). The van der Waals surface area contributed by atoms with Crippen LogP contribution in [0.3, 0.4) is 0 Å². The number of hydrogen-bond donors (Lipinski definition) is 4. The monoisotopic (exact) mass is 431 g/mol. The fraction of sp³-hybridized carbons (Fsp3) is 0.353. The molecular formula is C17H18ClNO8S. The summed E-state index contributed by atoms with van der Waals surface area (Å²) in [6.07, 6.45) is -5.58. The number of para-hydroxylation sites is 1. The Morgan fingerprint density at radius 1 is 1.14 bits per heavy atom. The number of nitrogens with zero attached hydrogens (tertiary/aromatic N) is 1. The number of pyridine rings is 1. The summed E-state index contributed by atoms with van der Waals surface area (Å²) in [6.45, 7) is 1.63. The maximum atomic E-state index is 12.3. The molecule has 1 aliphatic rings. The lowest BCUT2D eigenvalue weighted by molar-refractivity contribution is -0.306. The molecule has 0 bridgehead atoms. The molecule has 1 aromatic heterocycles.